The highest BCUT2D eigenvalue weighted by Crippen LogP contribution is 2.66. The van der Waals surface area contributed by atoms with Crippen LogP contribution < -0.4 is 0 Å². The van der Waals surface area contributed by atoms with Crippen LogP contribution in [0.3, 0.4) is 0 Å². The van der Waals surface area contributed by atoms with Gasteiger partial charge in [-0.15, -0.1) is 0 Å². The van der Waals surface area contributed by atoms with Crippen molar-refractivity contribution >= 4 is 12.9 Å². The van der Waals surface area contributed by atoms with Crippen LogP contribution in [0.25, 0.3) is 0 Å². The van der Waals surface area contributed by atoms with Crippen LogP contribution in [0.4, 0.5) is 0 Å². The highest BCUT2D eigenvalue weighted by Gasteiger charge is 2.68. The van der Waals surface area contributed by atoms with Crippen LogP contribution in [0, 0.1) is 24.2 Å². The van der Waals surface area contributed by atoms with Gasteiger partial charge in [-0.1, -0.05) is 39.0 Å². The summed E-state index contributed by atoms with van der Waals surface area (Å²) in [7, 11) is -0.152. The summed E-state index contributed by atoms with van der Waals surface area (Å²) in [5.74, 6) is 1.76. The minimum Gasteiger partial charge on any atom is -0.405 e. The summed E-state index contributed by atoms with van der Waals surface area (Å²) in [4.78, 5) is 11.8. The molecule has 4 aliphatic rings. The van der Waals surface area contributed by atoms with Gasteiger partial charge in [-0.25, -0.2) is 0 Å². The molecule has 0 spiro atoms. The van der Waals surface area contributed by atoms with Crippen molar-refractivity contribution in [3.8, 4) is 0 Å². The Kier molecular flexibility index (Phi) is 4.17. The van der Waals surface area contributed by atoms with Gasteiger partial charge in [0, 0.05) is 5.56 Å². The summed E-state index contributed by atoms with van der Waals surface area (Å²) in [6.07, 6.45) is 3.51. The Morgan fingerprint density at radius 1 is 1.31 bits per heavy atom. The third kappa shape index (κ3) is 2.52. The normalized spacial score (nSPS) is 35.6. The lowest BCUT2D eigenvalue weighted by molar-refractivity contribution is -0.199. The van der Waals surface area contributed by atoms with E-state index in [1.54, 1.807) is 6.92 Å². The number of rotatable bonds is 4. The van der Waals surface area contributed by atoms with Crippen molar-refractivity contribution in [1.82, 2.24) is 0 Å². The molecule has 1 aromatic rings. The van der Waals surface area contributed by atoms with E-state index in [0.29, 0.717) is 11.3 Å². The number of ketones is 1. The van der Waals surface area contributed by atoms with Crippen molar-refractivity contribution in [1.29, 1.82) is 0 Å². The maximum Gasteiger partial charge on any atom is 0.461 e. The predicted octanol–water partition coefficient (Wildman–Crippen LogP) is 4.86. The van der Waals surface area contributed by atoms with Crippen LogP contribution in [0.5, 0.6) is 0 Å². The number of Topliss-reactive ketones (excluding diaryl/α,β-unsaturated/α-hetero) is 1. The molecule has 1 aromatic carbocycles. The van der Waals surface area contributed by atoms with E-state index in [1.807, 2.05) is 19.1 Å². The van der Waals surface area contributed by atoms with Gasteiger partial charge in [0.25, 0.3) is 0 Å². The number of hydrogen-bond donors (Lipinski definition) is 0. The fourth-order valence-corrected chi connectivity index (χ4v) is 5.87. The van der Waals surface area contributed by atoms with Crippen molar-refractivity contribution in [3.05, 3.63) is 34.9 Å². The highest BCUT2D eigenvalue weighted by atomic mass is 16.7. The number of benzene rings is 1. The van der Waals surface area contributed by atoms with Gasteiger partial charge in [-0.05, 0) is 74.2 Å². The molecular formula is C22H31BO3. The monoisotopic (exact) mass is 354 g/mol. The van der Waals surface area contributed by atoms with E-state index in [4.69, 9.17) is 9.31 Å². The van der Waals surface area contributed by atoms with E-state index >= 15 is 0 Å². The average Bonchev–Trinajstić information content (AvgIpc) is 2.93. The lowest BCUT2D eigenvalue weighted by atomic mass is 9.43. The second-order valence-electron chi connectivity index (χ2n) is 9.66. The van der Waals surface area contributed by atoms with Crippen LogP contribution in [-0.2, 0) is 15.7 Å². The zero-order chi connectivity index (χ0) is 18.9. The SMILES string of the molecule is CC(=O)c1cccc(C[C@@H](C)B2OC3CC4CC(C4(C)C)[C@]3(C)O2)c1C. The van der Waals surface area contributed by atoms with E-state index in [2.05, 4.69) is 33.8 Å². The summed E-state index contributed by atoms with van der Waals surface area (Å²) < 4.78 is 13.0. The minimum absolute atomic E-state index is 0.130. The van der Waals surface area contributed by atoms with E-state index < -0.39 is 0 Å². The third-order valence-electron chi connectivity index (χ3n) is 7.80. The number of carbonyl (C=O) groups is 1. The first-order valence-electron chi connectivity index (χ1n) is 10.1. The molecule has 0 radical (unpaired) electrons. The van der Waals surface area contributed by atoms with Crippen molar-refractivity contribution < 1.29 is 14.1 Å². The Labute approximate surface area is 158 Å². The molecule has 26 heavy (non-hydrogen) atoms. The largest absolute Gasteiger partial charge is 0.461 e. The molecule has 3 saturated carbocycles. The molecular weight excluding hydrogens is 323 g/mol. The van der Waals surface area contributed by atoms with Crippen LogP contribution in [-0.4, -0.2) is 24.6 Å². The van der Waals surface area contributed by atoms with Gasteiger partial charge in [-0.2, -0.15) is 0 Å². The van der Waals surface area contributed by atoms with Crippen molar-refractivity contribution in [2.24, 2.45) is 17.3 Å². The lowest BCUT2D eigenvalue weighted by Gasteiger charge is -2.64. The van der Waals surface area contributed by atoms with Crippen LogP contribution >= 0.6 is 0 Å². The lowest BCUT2D eigenvalue weighted by Crippen LogP contribution is -2.65. The summed E-state index contributed by atoms with van der Waals surface area (Å²) in [5.41, 5.74) is 3.37. The topological polar surface area (TPSA) is 35.5 Å². The second kappa shape index (κ2) is 5.94. The van der Waals surface area contributed by atoms with Crippen LogP contribution in [0.2, 0.25) is 5.82 Å². The Morgan fingerprint density at radius 3 is 2.69 bits per heavy atom. The molecule has 2 bridgehead atoms. The second-order valence-corrected chi connectivity index (χ2v) is 9.66. The Bertz CT molecular complexity index is 743. The first-order valence-corrected chi connectivity index (χ1v) is 10.1. The zero-order valence-electron chi connectivity index (χ0n) is 17.0. The summed E-state index contributed by atoms with van der Waals surface area (Å²) in [5, 5.41) is 0. The van der Waals surface area contributed by atoms with E-state index in [0.717, 1.165) is 29.9 Å². The number of carbonyl (C=O) groups excluding carboxylic acids is 1. The standard InChI is InChI=1S/C22H31BO3/c1-13(10-16-8-7-9-18(14(16)2)15(3)24)23-25-20-12-17-11-19(21(17,4)5)22(20,6)26-23/h7-9,13,17,19-20H,10-12H2,1-6H3/t13-,17?,19?,20?,22+/m1/s1. The summed E-state index contributed by atoms with van der Waals surface area (Å²) in [6.45, 7) is 13.0. The van der Waals surface area contributed by atoms with E-state index in [1.165, 1.54) is 12.0 Å². The zero-order valence-corrected chi connectivity index (χ0v) is 17.0. The minimum atomic E-state index is -0.152. The molecule has 4 fully saturated rings. The average molecular weight is 354 g/mol. The molecule has 0 aromatic heterocycles. The Hall–Kier alpha value is -1.13. The molecule has 0 N–H and O–H groups in total. The Balaban J connectivity index is 1.50. The molecule has 5 atom stereocenters. The predicted molar refractivity (Wildman–Crippen MR) is 104 cm³/mol. The molecule has 4 heteroatoms. The molecule has 3 nitrogen and oxygen atoms in total. The summed E-state index contributed by atoms with van der Waals surface area (Å²) >= 11 is 0. The fraction of sp³-hybridized carbons (Fsp3) is 0.682. The number of hydrogen-bond acceptors (Lipinski definition) is 3. The molecule has 1 aliphatic heterocycles. The van der Waals surface area contributed by atoms with Gasteiger partial charge < -0.3 is 9.31 Å². The van der Waals surface area contributed by atoms with Gasteiger partial charge in [0.15, 0.2) is 5.78 Å². The molecule has 3 unspecified atom stereocenters. The maximum absolute atomic E-state index is 11.8. The molecule has 0 amide bonds. The van der Waals surface area contributed by atoms with Gasteiger partial charge in [0.2, 0.25) is 0 Å². The molecule has 1 saturated heterocycles. The molecule has 140 valence electrons. The van der Waals surface area contributed by atoms with Crippen molar-refractivity contribution in [2.75, 3.05) is 0 Å². The Morgan fingerprint density at radius 2 is 2.04 bits per heavy atom. The van der Waals surface area contributed by atoms with Crippen LogP contribution in [0.15, 0.2) is 18.2 Å². The molecule has 5 rings (SSSR count). The van der Waals surface area contributed by atoms with Crippen LogP contribution in [0.1, 0.15) is 68.9 Å². The van der Waals surface area contributed by atoms with Gasteiger partial charge in [0.1, 0.15) is 0 Å². The first-order chi connectivity index (χ1) is 12.1. The van der Waals surface area contributed by atoms with Gasteiger partial charge in [-0.3, -0.25) is 4.79 Å². The maximum atomic E-state index is 11.8. The van der Waals surface area contributed by atoms with Crippen molar-refractivity contribution in [2.45, 2.75) is 78.3 Å². The molecule has 1 heterocycles. The highest BCUT2D eigenvalue weighted by molar-refractivity contribution is 6.47. The first kappa shape index (κ1) is 18.2. The quantitative estimate of drug-likeness (QED) is 0.572. The van der Waals surface area contributed by atoms with Gasteiger partial charge in [0.05, 0.1) is 11.7 Å². The summed E-state index contributed by atoms with van der Waals surface area (Å²) in [6, 6.07) is 6.03. The fourth-order valence-electron chi connectivity index (χ4n) is 5.87. The smallest absolute Gasteiger partial charge is 0.405 e. The van der Waals surface area contributed by atoms with E-state index in [9.17, 15) is 4.79 Å². The van der Waals surface area contributed by atoms with Crippen molar-refractivity contribution in [3.63, 3.8) is 0 Å². The van der Waals surface area contributed by atoms with Gasteiger partial charge >= 0.3 is 7.12 Å². The third-order valence-corrected chi connectivity index (χ3v) is 7.80. The molecule has 3 aliphatic carbocycles. The van der Waals surface area contributed by atoms with E-state index in [-0.39, 0.29) is 30.4 Å².